The van der Waals surface area contributed by atoms with Crippen LogP contribution in [0.2, 0.25) is 0 Å². The molecule has 45 heavy (non-hydrogen) atoms. The first kappa shape index (κ1) is 32.4. The van der Waals surface area contributed by atoms with Crippen molar-refractivity contribution in [2.75, 3.05) is 26.1 Å². The summed E-state index contributed by atoms with van der Waals surface area (Å²) in [5, 5.41) is 2.72. The Morgan fingerprint density at radius 1 is 0.667 bits per heavy atom. The molecule has 3 N–H and O–H groups in total. The molecule has 0 saturated heterocycles. The SMILES string of the molecule is COc1ccccc1NC(=O)COc1ccc(C(=O)NNC(=O)c2ccc(COc3ccc(C(C)(C)C)cc3)cc2)cc1OC. The second kappa shape index (κ2) is 14.8. The van der Waals surface area contributed by atoms with Gasteiger partial charge >= 0.3 is 0 Å². The van der Waals surface area contributed by atoms with Crippen molar-refractivity contribution < 1.29 is 33.3 Å². The van der Waals surface area contributed by atoms with Crippen LogP contribution in [0.1, 0.15) is 52.6 Å². The number of amides is 3. The van der Waals surface area contributed by atoms with Crippen molar-refractivity contribution in [3.8, 4) is 23.0 Å². The predicted molar refractivity (Wildman–Crippen MR) is 171 cm³/mol. The summed E-state index contributed by atoms with van der Waals surface area (Å²) in [5.74, 6) is 0.328. The summed E-state index contributed by atoms with van der Waals surface area (Å²) in [6.45, 7) is 6.53. The fraction of sp³-hybridized carbons (Fsp3) is 0.229. The Morgan fingerprint density at radius 2 is 1.29 bits per heavy atom. The Bertz CT molecular complexity index is 1630. The second-order valence-corrected chi connectivity index (χ2v) is 11.1. The summed E-state index contributed by atoms with van der Waals surface area (Å²) in [4.78, 5) is 37.8. The highest BCUT2D eigenvalue weighted by atomic mass is 16.5. The van der Waals surface area contributed by atoms with Crippen molar-refractivity contribution in [3.05, 3.63) is 113 Å². The van der Waals surface area contributed by atoms with Crippen LogP contribution in [0.3, 0.4) is 0 Å². The van der Waals surface area contributed by atoms with Gasteiger partial charge in [-0.3, -0.25) is 25.2 Å². The van der Waals surface area contributed by atoms with Crippen LogP contribution < -0.4 is 35.1 Å². The molecule has 0 heterocycles. The van der Waals surface area contributed by atoms with Crippen LogP contribution in [-0.2, 0) is 16.8 Å². The van der Waals surface area contributed by atoms with Crippen LogP contribution in [0.4, 0.5) is 5.69 Å². The molecule has 4 aromatic carbocycles. The van der Waals surface area contributed by atoms with Crippen molar-refractivity contribution in [2.24, 2.45) is 0 Å². The molecule has 10 nitrogen and oxygen atoms in total. The van der Waals surface area contributed by atoms with E-state index in [4.69, 9.17) is 18.9 Å². The van der Waals surface area contributed by atoms with E-state index in [2.05, 4.69) is 49.1 Å². The van der Waals surface area contributed by atoms with Crippen LogP contribution in [0.5, 0.6) is 23.0 Å². The monoisotopic (exact) mass is 611 g/mol. The molecule has 0 bridgehead atoms. The van der Waals surface area contributed by atoms with E-state index in [1.807, 2.05) is 12.1 Å². The summed E-state index contributed by atoms with van der Waals surface area (Å²) < 4.78 is 22.1. The smallest absolute Gasteiger partial charge is 0.269 e. The molecule has 0 spiro atoms. The van der Waals surface area contributed by atoms with E-state index in [0.717, 1.165) is 11.3 Å². The molecule has 0 fully saturated rings. The van der Waals surface area contributed by atoms with Gasteiger partial charge in [0.05, 0.1) is 19.9 Å². The van der Waals surface area contributed by atoms with Gasteiger partial charge in [-0.1, -0.05) is 57.2 Å². The lowest BCUT2D eigenvalue weighted by Gasteiger charge is -2.19. The fourth-order valence-electron chi connectivity index (χ4n) is 4.23. The number of para-hydroxylation sites is 2. The van der Waals surface area contributed by atoms with E-state index in [1.165, 1.54) is 38.0 Å². The fourth-order valence-corrected chi connectivity index (χ4v) is 4.23. The van der Waals surface area contributed by atoms with Gasteiger partial charge in [0.25, 0.3) is 17.7 Å². The van der Waals surface area contributed by atoms with Crippen molar-refractivity contribution >= 4 is 23.4 Å². The number of carbonyl (C=O) groups excluding carboxylic acids is 3. The van der Waals surface area contributed by atoms with Crippen molar-refractivity contribution in [2.45, 2.75) is 32.8 Å². The number of hydrazine groups is 1. The van der Waals surface area contributed by atoms with Gasteiger partial charge in [-0.25, -0.2) is 0 Å². The first-order valence-corrected chi connectivity index (χ1v) is 14.2. The second-order valence-electron chi connectivity index (χ2n) is 11.1. The maximum Gasteiger partial charge on any atom is 0.269 e. The highest BCUT2D eigenvalue weighted by molar-refractivity contribution is 5.99. The molecule has 4 aromatic rings. The summed E-state index contributed by atoms with van der Waals surface area (Å²) in [6.07, 6.45) is 0. The summed E-state index contributed by atoms with van der Waals surface area (Å²) >= 11 is 0. The largest absolute Gasteiger partial charge is 0.495 e. The number of anilines is 1. The van der Waals surface area contributed by atoms with Gasteiger partial charge in [0, 0.05) is 11.1 Å². The van der Waals surface area contributed by atoms with Gasteiger partial charge < -0.3 is 24.3 Å². The number of carbonyl (C=O) groups is 3. The minimum atomic E-state index is -0.565. The molecule has 0 saturated carbocycles. The lowest BCUT2D eigenvalue weighted by molar-refractivity contribution is -0.118. The van der Waals surface area contributed by atoms with Crippen LogP contribution >= 0.6 is 0 Å². The van der Waals surface area contributed by atoms with E-state index >= 15 is 0 Å². The maximum absolute atomic E-state index is 12.7. The van der Waals surface area contributed by atoms with E-state index in [0.29, 0.717) is 23.6 Å². The third-order valence-electron chi connectivity index (χ3n) is 6.80. The lowest BCUT2D eigenvalue weighted by atomic mass is 9.87. The highest BCUT2D eigenvalue weighted by Crippen LogP contribution is 2.29. The Labute approximate surface area is 262 Å². The van der Waals surface area contributed by atoms with Crippen molar-refractivity contribution in [1.82, 2.24) is 10.9 Å². The number of rotatable bonds is 11. The summed E-state index contributed by atoms with van der Waals surface area (Å²) in [5.41, 5.74) is 8.08. The van der Waals surface area contributed by atoms with E-state index in [-0.39, 0.29) is 29.1 Å². The standard InChI is InChI=1S/C35H37N3O7/c1-35(2,3)26-15-17-27(18-16-26)44-21-23-10-12-24(13-11-23)33(40)37-38-34(41)25-14-19-30(31(20-25)43-5)45-22-32(39)36-28-8-6-7-9-29(28)42-4/h6-20H,21-22H2,1-5H3,(H,36,39)(H,37,40)(H,38,41). The Hall–Kier alpha value is -5.51. The number of ether oxygens (including phenoxy) is 4. The Balaban J connectivity index is 1.26. The Kier molecular flexibility index (Phi) is 10.6. The molecule has 0 atom stereocenters. The lowest BCUT2D eigenvalue weighted by Crippen LogP contribution is -2.41. The van der Waals surface area contributed by atoms with Crippen LogP contribution in [0, 0.1) is 0 Å². The quantitative estimate of drug-likeness (QED) is 0.187. The van der Waals surface area contributed by atoms with E-state index in [9.17, 15) is 14.4 Å². The molecule has 0 aliphatic heterocycles. The number of hydrogen-bond donors (Lipinski definition) is 3. The zero-order valence-corrected chi connectivity index (χ0v) is 25.9. The topological polar surface area (TPSA) is 124 Å². The Morgan fingerprint density at radius 3 is 1.93 bits per heavy atom. The van der Waals surface area contributed by atoms with Gasteiger partial charge in [0.1, 0.15) is 18.1 Å². The molecule has 4 rings (SSSR count). The van der Waals surface area contributed by atoms with Gasteiger partial charge in [0.2, 0.25) is 0 Å². The molecule has 0 radical (unpaired) electrons. The summed E-state index contributed by atoms with van der Waals surface area (Å²) in [6, 6.07) is 26.4. The third kappa shape index (κ3) is 8.99. The number of benzene rings is 4. The molecule has 0 aromatic heterocycles. The predicted octanol–water partition coefficient (Wildman–Crippen LogP) is 5.67. The average Bonchev–Trinajstić information content (AvgIpc) is 3.05. The molecule has 0 aliphatic rings. The highest BCUT2D eigenvalue weighted by Gasteiger charge is 2.16. The minimum Gasteiger partial charge on any atom is -0.495 e. The number of methoxy groups -OCH3 is 2. The van der Waals surface area contributed by atoms with Gasteiger partial charge in [-0.15, -0.1) is 0 Å². The number of hydrogen-bond acceptors (Lipinski definition) is 7. The minimum absolute atomic E-state index is 0.0700. The van der Waals surface area contributed by atoms with Crippen LogP contribution in [-0.4, -0.2) is 38.5 Å². The van der Waals surface area contributed by atoms with Crippen LogP contribution in [0.15, 0.2) is 91.0 Å². The molecule has 3 amide bonds. The molecule has 10 heteroatoms. The maximum atomic E-state index is 12.7. The van der Waals surface area contributed by atoms with E-state index in [1.54, 1.807) is 48.5 Å². The molecular formula is C35H37N3O7. The summed E-state index contributed by atoms with van der Waals surface area (Å²) in [7, 11) is 2.93. The average molecular weight is 612 g/mol. The first-order chi connectivity index (χ1) is 21.6. The van der Waals surface area contributed by atoms with E-state index < -0.39 is 17.7 Å². The number of nitrogens with one attached hydrogen (secondary N) is 3. The first-order valence-electron chi connectivity index (χ1n) is 14.2. The van der Waals surface area contributed by atoms with Gasteiger partial charge in [0.15, 0.2) is 18.1 Å². The van der Waals surface area contributed by atoms with Gasteiger partial charge in [-0.2, -0.15) is 0 Å². The molecule has 0 aliphatic carbocycles. The zero-order chi connectivity index (χ0) is 32.4. The third-order valence-corrected chi connectivity index (χ3v) is 6.80. The van der Waals surface area contributed by atoms with Crippen molar-refractivity contribution in [3.63, 3.8) is 0 Å². The molecule has 234 valence electrons. The van der Waals surface area contributed by atoms with Crippen molar-refractivity contribution in [1.29, 1.82) is 0 Å². The van der Waals surface area contributed by atoms with Crippen LogP contribution in [0.25, 0.3) is 0 Å². The molecule has 0 unspecified atom stereocenters. The zero-order valence-electron chi connectivity index (χ0n) is 25.9. The van der Waals surface area contributed by atoms with Gasteiger partial charge in [-0.05, 0) is 71.1 Å². The molecular weight excluding hydrogens is 574 g/mol. The normalized spacial score (nSPS) is 10.8.